The Morgan fingerprint density at radius 2 is 1.88 bits per heavy atom. The third kappa shape index (κ3) is 4.72. The average molecular weight is 478 g/mol. The van der Waals surface area contributed by atoms with Crippen LogP contribution in [-0.4, -0.2) is 26.8 Å². The summed E-state index contributed by atoms with van der Waals surface area (Å²) >= 11 is 1.69. The SMILES string of the molecule is O=C(Cn1nc2c(c1NC(=O)c1cc(-c3ccccc3)on1)CSC2)NCc1ccc(F)cc1. The van der Waals surface area contributed by atoms with Crippen LogP contribution in [0.5, 0.6) is 0 Å². The van der Waals surface area contributed by atoms with Gasteiger partial charge in [0, 0.05) is 35.2 Å². The molecule has 2 N–H and O–H groups in total. The van der Waals surface area contributed by atoms with Gasteiger partial charge in [-0.2, -0.15) is 16.9 Å². The fourth-order valence-electron chi connectivity index (χ4n) is 3.61. The van der Waals surface area contributed by atoms with Crippen molar-refractivity contribution in [3.05, 3.63) is 89.0 Å². The summed E-state index contributed by atoms with van der Waals surface area (Å²) < 4.78 is 19.9. The van der Waals surface area contributed by atoms with Crippen LogP contribution in [0.15, 0.2) is 65.2 Å². The number of amides is 2. The Morgan fingerprint density at radius 3 is 2.68 bits per heavy atom. The summed E-state index contributed by atoms with van der Waals surface area (Å²) in [6, 6.07) is 16.9. The van der Waals surface area contributed by atoms with Crippen molar-refractivity contribution >= 4 is 29.4 Å². The molecule has 5 rings (SSSR count). The molecule has 34 heavy (non-hydrogen) atoms. The van der Waals surface area contributed by atoms with Gasteiger partial charge in [-0.25, -0.2) is 9.07 Å². The first-order chi connectivity index (χ1) is 16.6. The highest BCUT2D eigenvalue weighted by atomic mass is 32.2. The maximum Gasteiger partial charge on any atom is 0.279 e. The molecule has 0 atom stereocenters. The van der Waals surface area contributed by atoms with E-state index in [9.17, 15) is 14.0 Å². The van der Waals surface area contributed by atoms with Crippen LogP contribution in [0.4, 0.5) is 10.2 Å². The van der Waals surface area contributed by atoms with Crippen molar-refractivity contribution in [3.63, 3.8) is 0 Å². The van der Waals surface area contributed by atoms with Gasteiger partial charge in [-0.15, -0.1) is 0 Å². The smallest absolute Gasteiger partial charge is 0.279 e. The van der Waals surface area contributed by atoms with Crippen molar-refractivity contribution < 1.29 is 18.5 Å². The first kappa shape index (κ1) is 21.9. The van der Waals surface area contributed by atoms with Gasteiger partial charge in [0.15, 0.2) is 11.5 Å². The number of carbonyl (C=O) groups excluding carboxylic acids is 2. The van der Waals surface area contributed by atoms with E-state index >= 15 is 0 Å². The van der Waals surface area contributed by atoms with Crippen LogP contribution >= 0.6 is 11.8 Å². The standard InChI is InChI=1S/C24H20FN5O3S/c25-17-8-6-15(7-9-17)11-26-22(31)12-30-23(18-13-34-14-20(18)28-30)27-24(32)19-10-21(33-29-19)16-4-2-1-3-5-16/h1-10H,11-14H2,(H,26,31)(H,27,32). The van der Waals surface area contributed by atoms with Gasteiger partial charge < -0.3 is 15.2 Å². The van der Waals surface area contributed by atoms with Gasteiger partial charge in [-0.1, -0.05) is 47.6 Å². The summed E-state index contributed by atoms with van der Waals surface area (Å²) in [5, 5.41) is 14.1. The second-order valence-electron chi connectivity index (χ2n) is 7.72. The number of hydrogen-bond donors (Lipinski definition) is 2. The summed E-state index contributed by atoms with van der Waals surface area (Å²) in [6.45, 7) is 0.196. The predicted molar refractivity (Wildman–Crippen MR) is 125 cm³/mol. The molecule has 0 unspecified atom stereocenters. The Morgan fingerprint density at radius 1 is 1.09 bits per heavy atom. The van der Waals surface area contributed by atoms with E-state index in [1.165, 1.54) is 16.8 Å². The van der Waals surface area contributed by atoms with Crippen molar-refractivity contribution in [2.45, 2.75) is 24.6 Å². The molecule has 4 aromatic rings. The number of aromatic nitrogens is 3. The van der Waals surface area contributed by atoms with Crippen molar-refractivity contribution in [1.82, 2.24) is 20.3 Å². The number of anilines is 1. The highest BCUT2D eigenvalue weighted by molar-refractivity contribution is 7.98. The van der Waals surface area contributed by atoms with Gasteiger partial charge in [0.1, 0.15) is 18.2 Å². The average Bonchev–Trinajstić information content (AvgIpc) is 3.58. The molecule has 2 aromatic carbocycles. The molecule has 2 aromatic heterocycles. The minimum atomic E-state index is -0.446. The van der Waals surface area contributed by atoms with E-state index in [1.807, 2.05) is 30.3 Å². The number of rotatable bonds is 7. The van der Waals surface area contributed by atoms with Crippen LogP contribution in [-0.2, 0) is 29.4 Å². The summed E-state index contributed by atoms with van der Waals surface area (Å²) in [5.41, 5.74) is 3.47. The second-order valence-corrected chi connectivity index (χ2v) is 8.71. The monoisotopic (exact) mass is 477 g/mol. The molecular weight excluding hydrogens is 457 g/mol. The molecule has 10 heteroatoms. The van der Waals surface area contributed by atoms with Crippen molar-refractivity contribution in [2.75, 3.05) is 5.32 Å². The van der Waals surface area contributed by atoms with E-state index in [4.69, 9.17) is 4.52 Å². The fourth-order valence-corrected chi connectivity index (χ4v) is 4.64. The van der Waals surface area contributed by atoms with E-state index in [0.717, 1.165) is 22.4 Å². The summed E-state index contributed by atoms with van der Waals surface area (Å²) in [6.07, 6.45) is 0. The topological polar surface area (TPSA) is 102 Å². The molecular formula is C24H20FN5O3S. The number of nitrogens with zero attached hydrogens (tertiary/aromatic N) is 3. The number of carbonyl (C=O) groups is 2. The van der Waals surface area contributed by atoms with E-state index < -0.39 is 5.91 Å². The highest BCUT2D eigenvalue weighted by Crippen LogP contribution is 2.35. The van der Waals surface area contributed by atoms with E-state index in [0.29, 0.717) is 23.1 Å². The first-order valence-corrected chi connectivity index (χ1v) is 11.7. The third-order valence-corrected chi connectivity index (χ3v) is 6.32. The minimum Gasteiger partial charge on any atom is -0.355 e. The van der Waals surface area contributed by atoms with E-state index in [1.54, 1.807) is 30.0 Å². The van der Waals surface area contributed by atoms with Crippen LogP contribution in [0.25, 0.3) is 11.3 Å². The van der Waals surface area contributed by atoms with Gasteiger partial charge in [-0.05, 0) is 17.7 Å². The number of thioether (sulfide) groups is 1. The van der Waals surface area contributed by atoms with Gasteiger partial charge in [0.05, 0.1) is 5.69 Å². The van der Waals surface area contributed by atoms with Crippen LogP contribution in [0.1, 0.15) is 27.3 Å². The summed E-state index contributed by atoms with van der Waals surface area (Å²) in [5.74, 6) is 1.31. The third-order valence-electron chi connectivity index (χ3n) is 5.35. The molecule has 172 valence electrons. The van der Waals surface area contributed by atoms with Crippen molar-refractivity contribution in [1.29, 1.82) is 0 Å². The normalized spacial score (nSPS) is 12.4. The van der Waals surface area contributed by atoms with Gasteiger partial charge in [0.25, 0.3) is 5.91 Å². The zero-order valence-electron chi connectivity index (χ0n) is 18.0. The Bertz CT molecular complexity index is 1330. The maximum atomic E-state index is 13.1. The van der Waals surface area contributed by atoms with Crippen molar-refractivity contribution in [3.8, 4) is 11.3 Å². The molecule has 1 aliphatic heterocycles. The first-order valence-electron chi connectivity index (χ1n) is 10.6. The molecule has 0 spiro atoms. The van der Waals surface area contributed by atoms with Gasteiger partial charge in [-0.3, -0.25) is 9.59 Å². The van der Waals surface area contributed by atoms with Gasteiger partial charge in [0.2, 0.25) is 5.91 Å². The molecule has 8 nitrogen and oxygen atoms in total. The molecule has 0 fully saturated rings. The Kier molecular flexibility index (Phi) is 6.13. The Labute approximate surface area is 198 Å². The lowest BCUT2D eigenvalue weighted by Gasteiger charge is -2.11. The Balaban J connectivity index is 1.29. The zero-order chi connectivity index (χ0) is 23.5. The molecule has 0 radical (unpaired) electrons. The lowest BCUT2D eigenvalue weighted by Crippen LogP contribution is -2.29. The molecule has 0 saturated heterocycles. The molecule has 0 bridgehead atoms. The van der Waals surface area contributed by atoms with Crippen LogP contribution < -0.4 is 10.6 Å². The largest absolute Gasteiger partial charge is 0.355 e. The van der Waals surface area contributed by atoms with Crippen LogP contribution in [0.2, 0.25) is 0 Å². The lowest BCUT2D eigenvalue weighted by molar-refractivity contribution is -0.122. The van der Waals surface area contributed by atoms with Crippen LogP contribution in [0, 0.1) is 5.82 Å². The second kappa shape index (κ2) is 9.52. The number of hydrogen-bond acceptors (Lipinski definition) is 6. The molecule has 2 amide bonds. The lowest BCUT2D eigenvalue weighted by atomic mass is 10.1. The molecule has 3 heterocycles. The number of nitrogens with one attached hydrogen (secondary N) is 2. The summed E-state index contributed by atoms with van der Waals surface area (Å²) in [7, 11) is 0. The quantitative estimate of drug-likeness (QED) is 0.417. The van der Waals surface area contributed by atoms with E-state index in [2.05, 4.69) is 20.9 Å². The number of halogens is 1. The molecule has 0 aliphatic carbocycles. The Hall–Kier alpha value is -3.92. The van der Waals surface area contributed by atoms with Crippen molar-refractivity contribution in [2.24, 2.45) is 0 Å². The summed E-state index contributed by atoms with van der Waals surface area (Å²) in [4.78, 5) is 25.5. The van der Waals surface area contributed by atoms with Crippen LogP contribution in [0.3, 0.4) is 0 Å². The molecule has 1 aliphatic rings. The predicted octanol–water partition coefficient (Wildman–Crippen LogP) is 3.99. The highest BCUT2D eigenvalue weighted by Gasteiger charge is 2.26. The number of benzene rings is 2. The fraction of sp³-hybridized carbons (Fsp3) is 0.167. The minimum absolute atomic E-state index is 0.0669. The zero-order valence-corrected chi connectivity index (χ0v) is 18.8. The number of fused-ring (bicyclic) bond motifs is 1. The maximum absolute atomic E-state index is 13.1. The van der Waals surface area contributed by atoms with Gasteiger partial charge >= 0.3 is 0 Å². The van der Waals surface area contributed by atoms with E-state index in [-0.39, 0.29) is 30.5 Å². The molecule has 0 saturated carbocycles.